The van der Waals surface area contributed by atoms with Crippen molar-refractivity contribution in [3.05, 3.63) is 71.2 Å². The first-order chi connectivity index (χ1) is 14.0. The van der Waals surface area contributed by atoms with Crippen LogP contribution in [0.25, 0.3) is 10.9 Å². The van der Waals surface area contributed by atoms with Crippen LogP contribution in [-0.2, 0) is 28.0 Å². The fourth-order valence-corrected chi connectivity index (χ4v) is 4.82. The van der Waals surface area contributed by atoms with Crippen molar-refractivity contribution < 1.29 is 14.0 Å². The van der Waals surface area contributed by atoms with E-state index in [1.54, 1.807) is 28.0 Å². The van der Waals surface area contributed by atoms with E-state index in [4.69, 9.17) is 0 Å². The first-order valence-electron chi connectivity index (χ1n) is 9.93. The summed E-state index contributed by atoms with van der Waals surface area (Å²) in [5.41, 5.74) is 2.38. The summed E-state index contributed by atoms with van der Waals surface area (Å²) in [6.07, 6.45) is 1.10. The smallest absolute Gasteiger partial charge is 0.254 e. The Bertz CT molecular complexity index is 1140. The van der Waals surface area contributed by atoms with Crippen LogP contribution in [0.4, 0.5) is 4.39 Å². The molecule has 1 N–H and O–H groups in total. The zero-order chi connectivity index (χ0) is 20.2. The quantitative estimate of drug-likeness (QED) is 0.746. The van der Waals surface area contributed by atoms with E-state index in [1.165, 1.54) is 6.07 Å². The van der Waals surface area contributed by atoms with E-state index in [-0.39, 0.29) is 24.2 Å². The first-order valence-corrected chi connectivity index (χ1v) is 9.93. The molecule has 3 heterocycles. The highest BCUT2D eigenvalue weighted by molar-refractivity contribution is 6.00. The van der Waals surface area contributed by atoms with Crippen LogP contribution in [0.5, 0.6) is 0 Å². The Kier molecular flexibility index (Phi) is 3.98. The molecule has 148 valence electrons. The van der Waals surface area contributed by atoms with Crippen LogP contribution in [0.3, 0.4) is 0 Å². The molecule has 0 saturated carbocycles. The number of piperazine rings is 1. The number of para-hydroxylation sites is 1. The second kappa shape index (κ2) is 6.44. The molecule has 0 bridgehead atoms. The lowest BCUT2D eigenvalue weighted by Gasteiger charge is -2.49. The molecule has 6 heteroatoms. The van der Waals surface area contributed by atoms with Crippen LogP contribution in [-0.4, -0.2) is 46.2 Å². The summed E-state index contributed by atoms with van der Waals surface area (Å²) in [4.78, 5) is 33.2. The molecule has 5 rings (SSSR count). The Morgan fingerprint density at radius 1 is 1.10 bits per heavy atom. The van der Waals surface area contributed by atoms with Gasteiger partial charge < -0.3 is 14.8 Å². The van der Waals surface area contributed by atoms with Crippen molar-refractivity contribution in [2.24, 2.45) is 0 Å². The fourth-order valence-electron chi connectivity index (χ4n) is 4.82. The third kappa shape index (κ3) is 2.58. The Balaban J connectivity index is 1.51. The van der Waals surface area contributed by atoms with Crippen LogP contribution < -0.4 is 0 Å². The van der Waals surface area contributed by atoms with E-state index < -0.39 is 5.54 Å². The normalized spacial score (nSPS) is 21.4. The van der Waals surface area contributed by atoms with Crippen molar-refractivity contribution in [1.29, 1.82) is 0 Å². The number of carbonyl (C=O) groups excluding carboxylic acids is 2. The molecule has 3 aromatic rings. The second-order valence-electron chi connectivity index (χ2n) is 7.96. The Labute approximate surface area is 168 Å². The molecule has 1 saturated heterocycles. The van der Waals surface area contributed by atoms with Gasteiger partial charge in [-0.3, -0.25) is 9.59 Å². The average molecular weight is 391 g/mol. The summed E-state index contributed by atoms with van der Waals surface area (Å²) in [6, 6.07) is 14.5. The molecule has 1 aromatic heterocycles. The highest BCUT2D eigenvalue weighted by Gasteiger charge is 2.53. The van der Waals surface area contributed by atoms with E-state index in [0.717, 1.165) is 28.6 Å². The second-order valence-corrected chi connectivity index (χ2v) is 7.96. The number of hydrogen-bond acceptors (Lipinski definition) is 2. The van der Waals surface area contributed by atoms with Gasteiger partial charge in [0.05, 0.1) is 12.2 Å². The Morgan fingerprint density at radius 2 is 1.86 bits per heavy atom. The third-order valence-corrected chi connectivity index (χ3v) is 6.37. The van der Waals surface area contributed by atoms with Crippen molar-refractivity contribution in [3.8, 4) is 0 Å². The molecular weight excluding hydrogens is 369 g/mol. The molecule has 2 aromatic carbocycles. The van der Waals surface area contributed by atoms with Crippen LogP contribution in [0.1, 0.15) is 23.7 Å². The predicted molar refractivity (Wildman–Crippen MR) is 108 cm³/mol. The lowest BCUT2D eigenvalue weighted by atomic mass is 9.83. The molecule has 1 unspecified atom stereocenters. The van der Waals surface area contributed by atoms with Crippen molar-refractivity contribution in [2.45, 2.75) is 25.3 Å². The number of nitrogens with zero attached hydrogens (tertiary/aromatic N) is 2. The van der Waals surface area contributed by atoms with E-state index in [0.29, 0.717) is 25.1 Å². The van der Waals surface area contributed by atoms with Crippen molar-refractivity contribution in [2.75, 3.05) is 19.6 Å². The number of fused-ring (bicyclic) bond motifs is 5. The Hall–Kier alpha value is -3.15. The van der Waals surface area contributed by atoms with Gasteiger partial charge in [-0.25, -0.2) is 4.39 Å². The lowest BCUT2D eigenvalue weighted by Crippen LogP contribution is -2.67. The van der Waals surface area contributed by atoms with Crippen molar-refractivity contribution in [1.82, 2.24) is 14.8 Å². The summed E-state index contributed by atoms with van der Waals surface area (Å²) in [5, 5.41) is 1.10. The molecule has 0 spiro atoms. The number of benzene rings is 2. The topological polar surface area (TPSA) is 56.4 Å². The number of nitrogens with one attached hydrogen (secondary N) is 1. The van der Waals surface area contributed by atoms with Gasteiger partial charge in [-0.1, -0.05) is 36.4 Å². The fraction of sp³-hybridized carbons (Fsp3) is 0.304. The van der Waals surface area contributed by atoms with Crippen LogP contribution >= 0.6 is 0 Å². The molecular formula is C23H22FN3O2. The minimum absolute atomic E-state index is 0.0401. The van der Waals surface area contributed by atoms with E-state index >= 15 is 0 Å². The molecule has 0 radical (unpaired) electrons. The van der Waals surface area contributed by atoms with Gasteiger partial charge >= 0.3 is 0 Å². The molecule has 2 amide bonds. The monoisotopic (exact) mass is 391 g/mol. The summed E-state index contributed by atoms with van der Waals surface area (Å²) in [5.74, 6) is -0.461. The molecule has 2 aliphatic rings. The van der Waals surface area contributed by atoms with E-state index in [2.05, 4.69) is 11.1 Å². The number of hydrogen-bond donors (Lipinski definition) is 1. The third-order valence-electron chi connectivity index (χ3n) is 6.37. The summed E-state index contributed by atoms with van der Waals surface area (Å²) >= 11 is 0. The van der Waals surface area contributed by atoms with Gasteiger partial charge in [0.1, 0.15) is 5.82 Å². The van der Waals surface area contributed by atoms with Crippen molar-refractivity contribution in [3.63, 3.8) is 0 Å². The van der Waals surface area contributed by atoms with Gasteiger partial charge in [-0.2, -0.15) is 0 Å². The number of aromatic amines is 1. The van der Waals surface area contributed by atoms with Crippen molar-refractivity contribution >= 4 is 22.7 Å². The summed E-state index contributed by atoms with van der Waals surface area (Å²) in [7, 11) is 0. The zero-order valence-corrected chi connectivity index (χ0v) is 16.2. The molecule has 1 fully saturated rings. The number of amides is 2. The van der Waals surface area contributed by atoms with Gasteiger partial charge in [0.2, 0.25) is 5.91 Å². The average Bonchev–Trinajstić information content (AvgIpc) is 3.11. The van der Waals surface area contributed by atoms with Crippen LogP contribution in [0.2, 0.25) is 0 Å². The van der Waals surface area contributed by atoms with Crippen LogP contribution in [0, 0.1) is 5.82 Å². The SMILES string of the molecule is CC12C(=O)N(CCc3ccccc3F)CC(=O)N1CCc1c2[nH]c2ccccc12. The van der Waals surface area contributed by atoms with Gasteiger partial charge in [0.25, 0.3) is 5.91 Å². The van der Waals surface area contributed by atoms with E-state index in [9.17, 15) is 14.0 Å². The molecule has 2 aliphatic heterocycles. The number of aromatic nitrogens is 1. The van der Waals surface area contributed by atoms with E-state index in [1.807, 2.05) is 25.1 Å². The van der Waals surface area contributed by atoms with Gasteiger partial charge in [0, 0.05) is 24.0 Å². The standard InChI is InChI=1S/C23H22FN3O2/c1-23-21-17(16-7-3-5-9-19(16)25-21)11-13-27(23)20(28)14-26(22(23)29)12-10-15-6-2-4-8-18(15)24/h2-9,25H,10-14H2,1H3. The highest BCUT2D eigenvalue weighted by atomic mass is 19.1. The lowest BCUT2D eigenvalue weighted by molar-refractivity contribution is -0.165. The Morgan fingerprint density at radius 3 is 2.69 bits per heavy atom. The van der Waals surface area contributed by atoms with Gasteiger partial charge in [0.15, 0.2) is 5.54 Å². The van der Waals surface area contributed by atoms with Gasteiger partial charge in [-0.05, 0) is 43.0 Å². The maximum absolute atomic E-state index is 14.0. The molecule has 29 heavy (non-hydrogen) atoms. The maximum atomic E-state index is 14.0. The molecule has 1 atom stereocenters. The maximum Gasteiger partial charge on any atom is 0.254 e. The van der Waals surface area contributed by atoms with Gasteiger partial charge in [-0.15, -0.1) is 0 Å². The first kappa shape index (κ1) is 17.9. The van der Waals surface area contributed by atoms with Crippen LogP contribution in [0.15, 0.2) is 48.5 Å². The number of rotatable bonds is 3. The molecule has 5 nitrogen and oxygen atoms in total. The molecule has 0 aliphatic carbocycles. The minimum atomic E-state index is -1.06. The summed E-state index contributed by atoms with van der Waals surface area (Å²) < 4.78 is 14.0. The number of carbonyl (C=O) groups is 2. The number of halogens is 1. The predicted octanol–water partition coefficient (Wildman–Crippen LogP) is 2.99. The summed E-state index contributed by atoms with van der Waals surface area (Å²) in [6.45, 7) is 2.70. The minimum Gasteiger partial charge on any atom is -0.356 e. The largest absolute Gasteiger partial charge is 0.356 e. The zero-order valence-electron chi connectivity index (χ0n) is 16.2. The number of H-pyrrole nitrogens is 1. The highest BCUT2D eigenvalue weighted by Crippen LogP contribution is 2.41.